The van der Waals surface area contributed by atoms with Gasteiger partial charge < -0.3 is 4.18 Å². The first-order valence-electron chi connectivity index (χ1n) is 5.28. The van der Waals surface area contributed by atoms with Crippen LogP contribution in [0.1, 0.15) is 33.3 Å². The summed E-state index contributed by atoms with van der Waals surface area (Å²) >= 11 is 0. The van der Waals surface area contributed by atoms with Crippen molar-refractivity contribution in [2.24, 2.45) is 0 Å². The largest absolute Gasteiger partial charge is 0.382 e. The van der Waals surface area contributed by atoms with Gasteiger partial charge in [0.15, 0.2) is 0 Å². The summed E-state index contributed by atoms with van der Waals surface area (Å²) in [6.45, 7) is 7.63. The van der Waals surface area contributed by atoms with Gasteiger partial charge in [-0.3, -0.25) is 0 Å². The fourth-order valence-electron chi connectivity index (χ4n) is 1.35. The van der Waals surface area contributed by atoms with Crippen LogP contribution in [-0.4, -0.2) is 14.2 Å². The van der Waals surface area contributed by atoms with Crippen molar-refractivity contribution in [2.75, 3.05) is 5.75 Å². The van der Waals surface area contributed by atoms with Gasteiger partial charge in [-0.1, -0.05) is 39.0 Å². The van der Waals surface area contributed by atoms with E-state index in [0.29, 0.717) is 5.75 Å². The second-order valence-corrected chi connectivity index (χ2v) is 6.54. The van der Waals surface area contributed by atoms with Crippen LogP contribution in [0.15, 0.2) is 24.3 Å². The van der Waals surface area contributed by atoms with Crippen LogP contribution in [0.2, 0.25) is 0 Å². The van der Waals surface area contributed by atoms with E-state index in [0.717, 1.165) is 5.56 Å². The average molecular weight is 242 g/mol. The number of para-hydroxylation sites is 1. The maximum Gasteiger partial charge on any atom is 0.308 e. The minimum absolute atomic E-state index is 0.0223. The zero-order chi connectivity index (χ0) is 12.4. The van der Waals surface area contributed by atoms with Gasteiger partial charge in [0.25, 0.3) is 0 Å². The lowest BCUT2D eigenvalue weighted by Crippen LogP contribution is -2.17. The molecule has 90 valence electrons. The van der Waals surface area contributed by atoms with Crippen LogP contribution >= 0.6 is 0 Å². The zero-order valence-corrected chi connectivity index (χ0v) is 11.0. The second-order valence-electron chi connectivity index (χ2n) is 4.68. The van der Waals surface area contributed by atoms with Crippen molar-refractivity contribution in [2.45, 2.75) is 33.1 Å². The fraction of sp³-hybridized carbons (Fsp3) is 0.500. The van der Waals surface area contributed by atoms with Crippen molar-refractivity contribution in [3.05, 3.63) is 29.8 Å². The maximum atomic E-state index is 11.4. The molecule has 16 heavy (non-hydrogen) atoms. The first-order valence-corrected chi connectivity index (χ1v) is 6.85. The third kappa shape index (κ3) is 3.23. The van der Waals surface area contributed by atoms with Crippen LogP contribution in [0.5, 0.6) is 5.75 Å². The quantitative estimate of drug-likeness (QED) is 0.765. The van der Waals surface area contributed by atoms with Crippen molar-refractivity contribution < 1.29 is 12.6 Å². The molecule has 0 aliphatic carbocycles. The molecule has 0 heterocycles. The Morgan fingerprint density at radius 1 is 1.19 bits per heavy atom. The van der Waals surface area contributed by atoms with E-state index in [1.807, 2.05) is 32.9 Å². The Hall–Kier alpha value is -1.03. The maximum absolute atomic E-state index is 11.4. The Morgan fingerprint density at radius 3 is 2.25 bits per heavy atom. The number of hydrogen-bond donors (Lipinski definition) is 0. The number of benzene rings is 1. The highest BCUT2D eigenvalue weighted by Gasteiger charge is 2.21. The second kappa shape index (κ2) is 4.45. The molecule has 0 spiro atoms. The Kier molecular flexibility index (Phi) is 3.63. The van der Waals surface area contributed by atoms with E-state index in [1.165, 1.54) is 0 Å². The standard InChI is InChI=1S/C12H18O3S/c1-5-16(13,14)15-11-9-7-6-8-10(11)12(2,3)4/h6-9H,5H2,1-4H3. The smallest absolute Gasteiger partial charge is 0.308 e. The van der Waals surface area contributed by atoms with Gasteiger partial charge in [0, 0.05) is 5.56 Å². The fourth-order valence-corrected chi connectivity index (χ4v) is 1.89. The third-order valence-electron chi connectivity index (χ3n) is 2.27. The molecule has 0 unspecified atom stereocenters. The summed E-state index contributed by atoms with van der Waals surface area (Å²) in [5.74, 6) is 0.405. The highest BCUT2D eigenvalue weighted by atomic mass is 32.2. The van der Waals surface area contributed by atoms with Gasteiger partial charge >= 0.3 is 10.1 Å². The van der Waals surface area contributed by atoms with E-state index in [-0.39, 0.29) is 11.2 Å². The Balaban J connectivity index is 3.16. The van der Waals surface area contributed by atoms with Crippen LogP contribution in [0.25, 0.3) is 0 Å². The Morgan fingerprint density at radius 2 is 1.75 bits per heavy atom. The van der Waals surface area contributed by atoms with Gasteiger partial charge in [-0.2, -0.15) is 8.42 Å². The van der Waals surface area contributed by atoms with E-state index in [4.69, 9.17) is 4.18 Å². The molecule has 0 bridgehead atoms. The van der Waals surface area contributed by atoms with Crippen molar-refractivity contribution in [1.29, 1.82) is 0 Å². The third-order valence-corrected chi connectivity index (χ3v) is 3.41. The summed E-state index contributed by atoms with van der Waals surface area (Å²) < 4.78 is 27.9. The molecule has 0 saturated carbocycles. The predicted octanol–water partition coefficient (Wildman–Crippen LogP) is 2.71. The van der Waals surface area contributed by atoms with Crippen molar-refractivity contribution in [3.8, 4) is 5.75 Å². The Labute approximate surface area is 97.6 Å². The minimum atomic E-state index is -3.46. The molecule has 4 heteroatoms. The van der Waals surface area contributed by atoms with Gasteiger partial charge in [0.05, 0.1) is 5.75 Å². The van der Waals surface area contributed by atoms with E-state index < -0.39 is 10.1 Å². The first-order chi connectivity index (χ1) is 7.26. The number of hydrogen-bond acceptors (Lipinski definition) is 3. The number of rotatable bonds is 3. The molecule has 0 aliphatic heterocycles. The minimum Gasteiger partial charge on any atom is -0.382 e. The van der Waals surface area contributed by atoms with Crippen LogP contribution < -0.4 is 4.18 Å². The molecule has 0 aliphatic rings. The Bertz CT molecular complexity index is 455. The normalized spacial score (nSPS) is 12.5. The van der Waals surface area contributed by atoms with Crippen LogP contribution in [-0.2, 0) is 15.5 Å². The summed E-state index contributed by atoms with van der Waals surface area (Å²) in [5.41, 5.74) is 0.756. The lowest BCUT2D eigenvalue weighted by Gasteiger charge is -2.22. The first kappa shape index (κ1) is 13.0. The van der Waals surface area contributed by atoms with E-state index in [1.54, 1.807) is 19.1 Å². The predicted molar refractivity (Wildman–Crippen MR) is 65.2 cm³/mol. The summed E-state index contributed by atoms with van der Waals surface area (Å²) in [7, 11) is -3.46. The molecular weight excluding hydrogens is 224 g/mol. The molecule has 1 aromatic carbocycles. The molecule has 0 saturated heterocycles. The molecule has 0 N–H and O–H groups in total. The summed E-state index contributed by atoms with van der Waals surface area (Å²) in [6.07, 6.45) is 0. The van der Waals surface area contributed by atoms with E-state index in [2.05, 4.69) is 0 Å². The van der Waals surface area contributed by atoms with Crippen molar-refractivity contribution >= 4 is 10.1 Å². The highest BCUT2D eigenvalue weighted by Crippen LogP contribution is 2.31. The molecule has 3 nitrogen and oxygen atoms in total. The molecule has 0 amide bonds. The van der Waals surface area contributed by atoms with E-state index >= 15 is 0 Å². The van der Waals surface area contributed by atoms with Crippen LogP contribution in [0.4, 0.5) is 0 Å². The van der Waals surface area contributed by atoms with E-state index in [9.17, 15) is 8.42 Å². The van der Waals surface area contributed by atoms with Crippen molar-refractivity contribution in [3.63, 3.8) is 0 Å². The van der Waals surface area contributed by atoms with Gasteiger partial charge in [0.2, 0.25) is 0 Å². The molecule has 1 aromatic rings. The lowest BCUT2D eigenvalue weighted by atomic mass is 9.86. The van der Waals surface area contributed by atoms with Crippen molar-refractivity contribution in [1.82, 2.24) is 0 Å². The van der Waals surface area contributed by atoms with Gasteiger partial charge in [-0.25, -0.2) is 0 Å². The van der Waals surface area contributed by atoms with Crippen LogP contribution in [0, 0.1) is 0 Å². The van der Waals surface area contributed by atoms with Gasteiger partial charge in [-0.15, -0.1) is 0 Å². The van der Waals surface area contributed by atoms with Gasteiger partial charge in [-0.05, 0) is 18.4 Å². The highest BCUT2D eigenvalue weighted by molar-refractivity contribution is 7.87. The monoisotopic (exact) mass is 242 g/mol. The SMILES string of the molecule is CCS(=O)(=O)Oc1ccccc1C(C)(C)C. The molecule has 0 aromatic heterocycles. The zero-order valence-electron chi connectivity index (χ0n) is 10.1. The summed E-state index contributed by atoms with van der Waals surface area (Å²) in [5, 5.41) is 0. The summed E-state index contributed by atoms with van der Waals surface area (Å²) in [4.78, 5) is 0. The molecule has 1 rings (SSSR count). The topological polar surface area (TPSA) is 43.4 Å². The summed E-state index contributed by atoms with van der Waals surface area (Å²) in [6, 6.07) is 7.23. The van der Waals surface area contributed by atoms with Crippen LogP contribution in [0.3, 0.4) is 0 Å². The molecule has 0 fully saturated rings. The molecular formula is C12H18O3S. The molecule has 0 radical (unpaired) electrons. The molecule has 0 atom stereocenters. The average Bonchev–Trinajstić information content (AvgIpc) is 2.16. The lowest BCUT2D eigenvalue weighted by molar-refractivity contribution is 0.471. The van der Waals surface area contributed by atoms with Gasteiger partial charge in [0.1, 0.15) is 5.75 Å².